The molecule has 0 aliphatic carbocycles. The Morgan fingerprint density at radius 1 is 1.16 bits per heavy atom. The maximum atomic E-state index is 13.1. The molecule has 0 N–H and O–H groups in total. The topological polar surface area (TPSA) is 31.2 Å². The van der Waals surface area contributed by atoms with Gasteiger partial charge in [0.25, 0.3) is 5.91 Å². The first-order chi connectivity index (χ1) is 11.8. The molecule has 0 radical (unpaired) electrons. The van der Waals surface area contributed by atoms with Crippen LogP contribution in [0.1, 0.15) is 17.3 Å². The molecule has 0 amide bonds. The van der Waals surface area contributed by atoms with Gasteiger partial charge in [-0.05, 0) is 53.2 Å². The highest BCUT2D eigenvalue weighted by Gasteiger charge is 2.23. The molecule has 0 aliphatic heterocycles. The van der Waals surface area contributed by atoms with Crippen molar-refractivity contribution in [3.63, 3.8) is 0 Å². The number of hydroxylamine groups is 3. The Hall–Kier alpha value is -1.63. The summed E-state index contributed by atoms with van der Waals surface area (Å²) in [5, 5.41) is 0.898. The number of rotatable bonds is 4. The molecule has 0 bridgehead atoms. The number of halogens is 2. The number of hydrogen-bond acceptors (Lipinski definition) is 2. The van der Waals surface area contributed by atoms with E-state index in [1.807, 2.05) is 56.6 Å². The Kier molecular flexibility index (Phi) is 5.04. The van der Waals surface area contributed by atoms with Crippen LogP contribution >= 0.6 is 31.9 Å². The molecule has 3 aromatic rings. The van der Waals surface area contributed by atoms with Gasteiger partial charge in [0.15, 0.2) is 0 Å². The Morgan fingerprint density at radius 3 is 2.56 bits per heavy atom. The highest BCUT2D eigenvalue weighted by Crippen LogP contribution is 2.33. The predicted octanol–water partition coefficient (Wildman–Crippen LogP) is 5.24. The third-order valence-corrected chi connectivity index (χ3v) is 5.34. The number of fused-ring (bicyclic) bond motifs is 1. The lowest BCUT2D eigenvalue weighted by Crippen LogP contribution is -2.42. The van der Waals surface area contributed by atoms with Crippen molar-refractivity contribution in [2.24, 2.45) is 0 Å². The van der Waals surface area contributed by atoms with E-state index in [1.54, 1.807) is 10.8 Å². The third kappa shape index (κ3) is 3.66. The first-order valence-electron chi connectivity index (χ1n) is 7.95. The van der Waals surface area contributed by atoms with E-state index in [-0.39, 0.29) is 5.91 Å². The molecule has 0 fully saturated rings. The zero-order valence-electron chi connectivity index (χ0n) is 14.3. The summed E-state index contributed by atoms with van der Waals surface area (Å²) in [7, 11) is 3.97. The van der Waals surface area contributed by atoms with Crippen LogP contribution in [0.5, 0.6) is 5.75 Å². The number of hydrogen-bond donors (Lipinski definition) is 0. The largest absolute Gasteiger partial charge is 0.313 e. The number of nitrogens with zero attached hydrogens (tertiary/aromatic N) is 2. The van der Waals surface area contributed by atoms with Gasteiger partial charge in [-0.2, -0.15) is 0 Å². The number of carbonyl (C=O) groups is 1. The summed E-state index contributed by atoms with van der Waals surface area (Å²) in [5.41, 5.74) is 1.42. The molecule has 4 nitrogen and oxygen atoms in total. The molecule has 0 atom stereocenters. The lowest BCUT2D eigenvalue weighted by Gasteiger charge is -2.25. The number of quaternary nitrogens is 1. The minimum absolute atomic E-state index is 0.101. The molecule has 0 aliphatic rings. The molecule has 2 aromatic carbocycles. The van der Waals surface area contributed by atoms with Crippen molar-refractivity contribution < 1.29 is 14.3 Å². The highest BCUT2D eigenvalue weighted by atomic mass is 79.9. The molecule has 1 aromatic heterocycles. The van der Waals surface area contributed by atoms with Crippen molar-refractivity contribution in [1.82, 2.24) is 4.57 Å². The van der Waals surface area contributed by atoms with E-state index in [0.29, 0.717) is 16.0 Å². The van der Waals surface area contributed by atoms with E-state index in [9.17, 15) is 4.79 Å². The van der Waals surface area contributed by atoms with Gasteiger partial charge in [0.1, 0.15) is 20.6 Å². The number of carbonyl (C=O) groups excluding carboxylic acids is 1. The molecular formula is C19H19Br2N2O2+. The molecule has 0 saturated heterocycles. The van der Waals surface area contributed by atoms with Crippen LogP contribution in [0.25, 0.3) is 10.9 Å². The second-order valence-corrected chi connectivity index (χ2v) is 8.06. The molecule has 6 heteroatoms. The first kappa shape index (κ1) is 18.2. The van der Waals surface area contributed by atoms with E-state index in [4.69, 9.17) is 4.84 Å². The summed E-state index contributed by atoms with van der Waals surface area (Å²) >= 11 is 6.96. The van der Waals surface area contributed by atoms with Crippen LogP contribution in [-0.4, -0.2) is 35.8 Å². The van der Waals surface area contributed by atoms with Crippen molar-refractivity contribution in [1.29, 1.82) is 0 Å². The molecule has 3 rings (SSSR count). The van der Waals surface area contributed by atoms with Gasteiger partial charge in [-0.3, -0.25) is 9.36 Å². The summed E-state index contributed by atoms with van der Waals surface area (Å²) in [5.74, 6) is 0.583. The lowest BCUT2D eigenvalue weighted by molar-refractivity contribution is -1.05. The number of benzene rings is 2. The van der Waals surface area contributed by atoms with E-state index in [0.717, 1.165) is 26.4 Å². The normalized spacial score (nSPS) is 11.7. The zero-order chi connectivity index (χ0) is 18.2. The average molecular weight is 467 g/mol. The monoisotopic (exact) mass is 465 g/mol. The van der Waals surface area contributed by atoms with Gasteiger partial charge in [-0.15, -0.1) is 4.65 Å². The van der Waals surface area contributed by atoms with Crippen molar-refractivity contribution in [2.45, 2.75) is 6.92 Å². The van der Waals surface area contributed by atoms with Crippen LogP contribution in [0.15, 0.2) is 57.6 Å². The fourth-order valence-electron chi connectivity index (χ4n) is 2.51. The SMILES string of the molecule is CC[N+](C)(C)Oc1cn(C(=O)c2ccccc2Br)c2ccc(Br)cc12. The summed E-state index contributed by atoms with van der Waals surface area (Å²) in [6.45, 7) is 2.86. The highest BCUT2D eigenvalue weighted by molar-refractivity contribution is 9.10. The van der Waals surface area contributed by atoms with Crippen LogP contribution in [0.2, 0.25) is 0 Å². The van der Waals surface area contributed by atoms with Gasteiger partial charge in [0, 0.05) is 8.95 Å². The molecule has 1 heterocycles. The zero-order valence-corrected chi connectivity index (χ0v) is 17.5. The summed E-state index contributed by atoms with van der Waals surface area (Å²) in [6.07, 6.45) is 1.77. The fourth-order valence-corrected chi connectivity index (χ4v) is 3.32. The number of aromatic nitrogens is 1. The predicted molar refractivity (Wildman–Crippen MR) is 107 cm³/mol. The molecule has 130 valence electrons. The molecule has 0 saturated carbocycles. The maximum Gasteiger partial charge on any atom is 0.263 e. The average Bonchev–Trinajstić information content (AvgIpc) is 2.92. The van der Waals surface area contributed by atoms with Crippen LogP contribution in [0.3, 0.4) is 0 Å². The lowest BCUT2D eigenvalue weighted by atomic mass is 10.2. The van der Waals surface area contributed by atoms with Gasteiger partial charge < -0.3 is 4.84 Å². The van der Waals surface area contributed by atoms with Crippen molar-refractivity contribution in [3.05, 3.63) is 63.2 Å². The smallest absolute Gasteiger partial charge is 0.263 e. The van der Waals surface area contributed by atoms with Gasteiger partial charge in [-0.25, -0.2) is 0 Å². The molecule has 25 heavy (non-hydrogen) atoms. The van der Waals surface area contributed by atoms with Crippen LogP contribution < -0.4 is 4.84 Å². The Bertz CT molecular complexity index is 948. The van der Waals surface area contributed by atoms with Gasteiger partial charge in [0.2, 0.25) is 5.75 Å². The Balaban J connectivity index is 2.16. The quantitative estimate of drug-likeness (QED) is 0.388. The van der Waals surface area contributed by atoms with Gasteiger partial charge in [0.05, 0.1) is 22.7 Å². The third-order valence-electron chi connectivity index (χ3n) is 4.16. The Morgan fingerprint density at radius 2 is 1.88 bits per heavy atom. The summed E-state index contributed by atoms with van der Waals surface area (Å²) in [6, 6.07) is 13.2. The first-order valence-corrected chi connectivity index (χ1v) is 9.53. The minimum atomic E-state index is -0.101. The molecule has 0 unspecified atom stereocenters. The van der Waals surface area contributed by atoms with Gasteiger partial charge in [-0.1, -0.05) is 28.1 Å². The Labute approximate surface area is 163 Å². The summed E-state index contributed by atoms with van der Waals surface area (Å²) < 4.78 is 3.73. The van der Waals surface area contributed by atoms with Gasteiger partial charge >= 0.3 is 0 Å². The van der Waals surface area contributed by atoms with Crippen molar-refractivity contribution in [2.75, 3.05) is 20.6 Å². The summed E-state index contributed by atoms with van der Waals surface area (Å²) in [4.78, 5) is 19.2. The van der Waals surface area contributed by atoms with E-state index in [1.165, 1.54) is 0 Å². The van der Waals surface area contributed by atoms with E-state index >= 15 is 0 Å². The van der Waals surface area contributed by atoms with E-state index in [2.05, 4.69) is 38.8 Å². The molecule has 0 spiro atoms. The van der Waals surface area contributed by atoms with E-state index < -0.39 is 0 Å². The fraction of sp³-hybridized carbons (Fsp3) is 0.211. The second kappa shape index (κ2) is 6.94. The van der Waals surface area contributed by atoms with Crippen LogP contribution in [-0.2, 0) is 0 Å². The molecular weight excluding hydrogens is 448 g/mol. The van der Waals surface area contributed by atoms with Crippen LogP contribution in [0, 0.1) is 0 Å². The van der Waals surface area contributed by atoms with Crippen molar-refractivity contribution >= 4 is 48.7 Å². The van der Waals surface area contributed by atoms with Crippen LogP contribution in [0.4, 0.5) is 0 Å². The maximum absolute atomic E-state index is 13.1. The van der Waals surface area contributed by atoms with Crippen molar-refractivity contribution in [3.8, 4) is 5.75 Å². The standard InChI is InChI=1S/C19H19Br2N2O2/c1-4-23(2,3)25-18-12-22(17-10-9-13(20)11-15(17)18)19(24)14-7-5-6-8-16(14)21/h5-12H,4H2,1-3H3/q+1. The minimum Gasteiger partial charge on any atom is -0.313 e. The second-order valence-electron chi connectivity index (χ2n) is 6.29.